The van der Waals surface area contributed by atoms with Crippen LogP contribution in [0.4, 0.5) is 21.3 Å². The van der Waals surface area contributed by atoms with Crippen LogP contribution in [0, 0.1) is 6.92 Å². The molecule has 0 atom stereocenters. The van der Waals surface area contributed by atoms with Crippen LogP contribution in [0.3, 0.4) is 0 Å². The number of hydrogen-bond acceptors (Lipinski definition) is 8. The number of fused-ring (bicyclic) bond motifs is 1. The number of nitrogens with zero attached hydrogens (tertiary/aromatic N) is 6. The summed E-state index contributed by atoms with van der Waals surface area (Å²) >= 11 is 1.16. The molecule has 39 heavy (non-hydrogen) atoms. The second kappa shape index (κ2) is 11.0. The highest BCUT2D eigenvalue weighted by Crippen LogP contribution is 2.29. The Morgan fingerprint density at radius 2 is 1.67 bits per heavy atom. The number of aryl methyl sites for hydroxylation is 1. The maximum absolute atomic E-state index is 13.3. The van der Waals surface area contributed by atoms with Crippen molar-refractivity contribution in [1.29, 1.82) is 0 Å². The summed E-state index contributed by atoms with van der Waals surface area (Å²) in [6, 6.07) is 14.3. The molecule has 0 saturated carbocycles. The fourth-order valence-electron chi connectivity index (χ4n) is 4.35. The highest BCUT2D eigenvalue weighted by molar-refractivity contribution is 7.10. The van der Waals surface area contributed by atoms with Crippen molar-refractivity contribution in [1.82, 2.24) is 29.0 Å². The third-order valence-corrected chi connectivity index (χ3v) is 7.22. The number of nitrogens with one attached hydrogen (secondary N) is 2. The van der Waals surface area contributed by atoms with Crippen LogP contribution in [0.2, 0.25) is 0 Å². The van der Waals surface area contributed by atoms with Crippen molar-refractivity contribution in [3.63, 3.8) is 0 Å². The van der Waals surface area contributed by atoms with Gasteiger partial charge in [0.25, 0.3) is 11.8 Å². The molecule has 3 heterocycles. The number of aromatic nitrogens is 3. The van der Waals surface area contributed by atoms with E-state index in [1.54, 1.807) is 61.3 Å². The van der Waals surface area contributed by atoms with Gasteiger partial charge in [-0.2, -0.15) is 4.37 Å². The van der Waals surface area contributed by atoms with Gasteiger partial charge in [0.2, 0.25) is 0 Å². The molecular weight excluding hydrogens is 516 g/mol. The Morgan fingerprint density at radius 3 is 2.41 bits per heavy atom. The van der Waals surface area contributed by atoms with E-state index in [2.05, 4.69) is 25.0 Å². The van der Waals surface area contributed by atoms with Crippen LogP contribution in [0.5, 0.6) is 0 Å². The number of para-hydroxylation sites is 2. The molecule has 12 heteroatoms. The number of urea groups is 1. The van der Waals surface area contributed by atoms with Gasteiger partial charge in [0.05, 0.1) is 28.5 Å². The minimum absolute atomic E-state index is 0.0634. The van der Waals surface area contributed by atoms with Gasteiger partial charge in [-0.05, 0) is 48.8 Å². The monoisotopic (exact) mass is 544 g/mol. The van der Waals surface area contributed by atoms with Crippen LogP contribution in [0.1, 0.15) is 26.4 Å². The van der Waals surface area contributed by atoms with Gasteiger partial charge >= 0.3 is 6.03 Å². The summed E-state index contributed by atoms with van der Waals surface area (Å²) in [7, 11) is 3.42. The fraction of sp³-hybridized carbons (Fsp3) is 0.259. The predicted octanol–water partition coefficient (Wildman–Crippen LogP) is 3.83. The summed E-state index contributed by atoms with van der Waals surface area (Å²) in [5, 5.41) is 6.62. The van der Waals surface area contributed by atoms with Gasteiger partial charge in [-0.1, -0.05) is 18.2 Å². The topological polar surface area (TPSA) is 124 Å². The van der Waals surface area contributed by atoms with Crippen molar-refractivity contribution in [2.24, 2.45) is 0 Å². The van der Waals surface area contributed by atoms with E-state index in [1.165, 1.54) is 4.90 Å². The molecule has 0 spiro atoms. The summed E-state index contributed by atoms with van der Waals surface area (Å²) in [6.07, 6.45) is 1.62. The second-order valence-corrected chi connectivity index (χ2v) is 10.1. The van der Waals surface area contributed by atoms with Crippen molar-refractivity contribution in [3.05, 3.63) is 71.5 Å². The van der Waals surface area contributed by atoms with Crippen molar-refractivity contribution >= 4 is 56.9 Å². The number of carbonyl (C=O) groups excluding carboxylic acids is 3. The van der Waals surface area contributed by atoms with E-state index in [0.717, 1.165) is 22.6 Å². The average Bonchev–Trinajstić information content (AvgIpc) is 3.31. The van der Waals surface area contributed by atoms with Gasteiger partial charge < -0.3 is 25.3 Å². The maximum Gasteiger partial charge on any atom is 0.319 e. The Labute approximate surface area is 229 Å². The van der Waals surface area contributed by atoms with E-state index in [0.29, 0.717) is 59.5 Å². The molecule has 1 fully saturated rings. The minimum Gasteiger partial charge on any atom is -0.335 e. The second-order valence-electron chi connectivity index (χ2n) is 9.33. The lowest BCUT2D eigenvalue weighted by Crippen LogP contribution is -2.52. The first-order valence-electron chi connectivity index (χ1n) is 12.4. The van der Waals surface area contributed by atoms with Crippen LogP contribution >= 0.6 is 11.5 Å². The Balaban J connectivity index is 1.27. The number of benzene rings is 2. The molecule has 2 aromatic carbocycles. The van der Waals surface area contributed by atoms with Gasteiger partial charge in [0.15, 0.2) is 0 Å². The molecule has 5 rings (SSSR count). The molecule has 2 N–H and O–H groups in total. The summed E-state index contributed by atoms with van der Waals surface area (Å²) in [5.41, 5.74) is 3.45. The lowest BCUT2D eigenvalue weighted by molar-refractivity contribution is 0.0650. The van der Waals surface area contributed by atoms with E-state index in [4.69, 9.17) is 0 Å². The molecule has 1 aliphatic rings. The standard InChI is InChI=1S/C27H28N8O3S/c1-17-23(25(39-32-17)31-22-16-28-20-9-4-5-10-21(20)30-22)24(36)29-19-8-6-7-18(15-19)26(37)34-11-13-35(14-12-34)27(38)33(2)3/h4-10,15-16H,11-14H2,1-3H3,(H,29,36)(H,30,31). The lowest BCUT2D eigenvalue weighted by Gasteiger charge is -2.36. The largest absolute Gasteiger partial charge is 0.335 e. The molecule has 0 radical (unpaired) electrons. The zero-order valence-electron chi connectivity index (χ0n) is 21.8. The molecule has 0 unspecified atom stereocenters. The smallest absolute Gasteiger partial charge is 0.319 e. The van der Waals surface area contributed by atoms with Gasteiger partial charge in [0.1, 0.15) is 10.8 Å². The molecule has 0 aliphatic carbocycles. The van der Waals surface area contributed by atoms with Crippen LogP contribution < -0.4 is 10.6 Å². The summed E-state index contributed by atoms with van der Waals surface area (Å²) in [6.45, 7) is 3.61. The van der Waals surface area contributed by atoms with Crippen LogP contribution in [0.15, 0.2) is 54.7 Å². The Morgan fingerprint density at radius 1 is 0.949 bits per heavy atom. The molecule has 1 aliphatic heterocycles. The first kappa shape index (κ1) is 26.0. The maximum atomic E-state index is 13.3. The Bertz CT molecular complexity index is 1550. The molecule has 0 bridgehead atoms. The number of hydrogen-bond donors (Lipinski definition) is 2. The third-order valence-electron chi connectivity index (χ3n) is 6.37. The van der Waals surface area contributed by atoms with E-state index >= 15 is 0 Å². The first-order chi connectivity index (χ1) is 18.8. The molecule has 11 nitrogen and oxygen atoms in total. The van der Waals surface area contributed by atoms with Gasteiger partial charge in [-0.15, -0.1) is 0 Å². The quantitative estimate of drug-likeness (QED) is 0.391. The zero-order chi connectivity index (χ0) is 27.5. The van der Waals surface area contributed by atoms with Gasteiger partial charge in [-0.25, -0.2) is 9.78 Å². The van der Waals surface area contributed by atoms with Gasteiger partial charge in [0, 0.05) is 51.5 Å². The minimum atomic E-state index is -0.349. The zero-order valence-corrected chi connectivity index (χ0v) is 22.7. The molecule has 1 saturated heterocycles. The van der Waals surface area contributed by atoms with Crippen molar-refractivity contribution in [3.8, 4) is 0 Å². The number of anilines is 3. The lowest BCUT2D eigenvalue weighted by atomic mass is 10.1. The number of amides is 4. The summed E-state index contributed by atoms with van der Waals surface area (Å²) in [5.74, 6) is 0.0120. The van der Waals surface area contributed by atoms with Crippen molar-refractivity contribution in [2.75, 3.05) is 50.9 Å². The van der Waals surface area contributed by atoms with Crippen LogP contribution in [-0.4, -0.2) is 87.2 Å². The molecule has 2 aromatic heterocycles. The van der Waals surface area contributed by atoms with E-state index < -0.39 is 0 Å². The Hall–Kier alpha value is -4.58. The highest BCUT2D eigenvalue weighted by atomic mass is 32.1. The van der Waals surface area contributed by atoms with Gasteiger partial charge in [-0.3, -0.25) is 14.6 Å². The highest BCUT2D eigenvalue weighted by Gasteiger charge is 2.26. The molecule has 4 aromatic rings. The normalized spacial score (nSPS) is 13.3. The van der Waals surface area contributed by atoms with E-state index in [-0.39, 0.29) is 17.8 Å². The summed E-state index contributed by atoms with van der Waals surface area (Å²) in [4.78, 5) is 52.6. The van der Waals surface area contributed by atoms with Crippen LogP contribution in [-0.2, 0) is 0 Å². The number of rotatable bonds is 5. The molecule has 4 amide bonds. The molecule has 200 valence electrons. The SMILES string of the molecule is Cc1nsc(Nc2cnc3ccccc3n2)c1C(=O)Nc1cccc(C(=O)N2CCN(C(=O)N(C)C)CC2)c1. The first-order valence-corrected chi connectivity index (χ1v) is 13.2. The van der Waals surface area contributed by atoms with E-state index in [1.807, 2.05) is 24.3 Å². The Kier molecular flexibility index (Phi) is 7.37. The van der Waals surface area contributed by atoms with Crippen LogP contribution in [0.25, 0.3) is 11.0 Å². The summed E-state index contributed by atoms with van der Waals surface area (Å²) < 4.78 is 4.35. The fourth-order valence-corrected chi connectivity index (χ4v) is 5.15. The van der Waals surface area contributed by atoms with Crippen molar-refractivity contribution < 1.29 is 14.4 Å². The number of carbonyl (C=O) groups is 3. The third kappa shape index (κ3) is 5.65. The predicted molar refractivity (Wildman–Crippen MR) is 151 cm³/mol. The van der Waals surface area contributed by atoms with Crippen molar-refractivity contribution in [2.45, 2.75) is 6.92 Å². The molecular formula is C27H28N8O3S. The average molecular weight is 545 g/mol. The number of piperazine rings is 1. The van der Waals surface area contributed by atoms with E-state index in [9.17, 15) is 14.4 Å².